The average Bonchev–Trinajstić information content (AvgIpc) is 2.62. The Hall–Kier alpha value is -1.00. The van der Waals surface area contributed by atoms with Crippen LogP contribution in [0.2, 0.25) is 0 Å². The average molecular weight is 240 g/mol. The fourth-order valence-electron chi connectivity index (χ4n) is 2.33. The first kappa shape index (κ1) is 12.5. The highest BCUT2D eigenvalue weighted by Gasteiger charge is 2.30. The second-order valence-electron chi connectivity index (χ2n) is 4.94. The fourth-order valence-corrected chi connectivity index (χ4v) is 2.33. The van der Waals surface area contributed by atoms with Crippen LogP contribution in [0.1, 0.15) is 25.5 Å². The van der Waals surface area contributed by atoms with Gasteiger partial charge in [-0.15, -0.1) is 0 Å². The summed E-state index contributed by atoms with van der Waals surface area (Å²) >= 11 is 0. The van der Waals surface area contributed by atoms with Gasteiger partial charge < -0.3 is 5.73 Å². The summed E-state index contributed by atoms with van der Waals surface area (Å²) in [6, 6.07) is 4.33. The molecule has 1 aliphatic rings. The molecule has 1 heterocycles. The minimum absolute atomic E-state index is 0.0705. The Balaban J connectivity index is 2.14. The maximum atomic E-state index is 13.2. The highest BCUT2D eigenvalue weighted by atomic mass is 19.2. The second kappa shape index (κ2) is 4.70. The predicted molar refractivity (Wildman–Crippen MR) is 63.5 cm³/mol. The topological polar surface area (TPSA) is 29.3 Å². The maximum absolute atomic E-state index is 13.2. The van der Waals surface area contributed by atoms with Crippen LogP contribution in [0.25, 0.3) is 0 Å². The molecule has 3 unspecified atom stereocenters. The summed E-state index contributed by atoms with van der Waals surface area (Å²) in [5, 5.41) is 0. The molecule has 1 aromatic carbocycles. The molecule has 2 nitrogen and oxygen atoms in total. The standard InChI is InChI=1S/C13H18F2N2/c1-8-6-17(7-13(8)16)9(2)10-3-4-11(14)12(15)5-10/h3-5,8-9,13H,6-7,16H2,1-2H3. The van der Waals surface area contributed by atoms with Crippen molar-refractivity contribution in [2.75, 3.05) is 13.1 Å². The normalized spacial score (nSPS) is 27.4. The van der Waals surface area contributed by atoms with Gasteiger partial charge in [0.05, 0.1) is 0 Å². The van der Waals surface area contributed by atoms with E-state index in [1.807, 2.05) is 6.92 Å². The summed E-state index contributed by atoms with van der Waals surface area (Å²) in [7, 11) is 0. The van der Waals surface area contributed by atoms with Crippen LogP contribution in [0.4, 0.5) is 8.78 Å². The third-order valence-corrected chi connectivity index (χ3v) is 3.67. The highest BCUT2D eigenvalue weighted by Crippen LogP contribution is 2.27. The number of hydrogen-bond donors (Lipinski definition) is 1. The lowest BCUT2D eigenvalue weighted by Gasteiger charge is -2.24. The fraction of sp³-hybridized carbons (Fsp3) is 0.538. The van der Waals surface area contributed by atoms with Crippen molar-refractivity contribution >= 4 is 0 Å². The summed E-state index contributed by atoms with van der Waals surface area (Å²) in [5.41, 5.74) is 6.76. The van der Waals surface area contributed by atoms with Gasteiger partial charge in [-0.25, -0.2) is 8.78 Å². The zero-order valence-electron chi connectivity index (χ0n) is 10.2. The molecule has 3 atom stereocenters. The van der Waals surface area contributed by atoms with Crippen LogP contribution in [0, 0.1) is 17.6 Å². The number of rotatable bonds is 2. The van der Waals surface area contributed by atoms with Gasteiger partial charge in [0.25, 0.3) is 0 Å². The number of hydrogen-bond acceptors (Lipinski definition) is 2. The van der Waals surface area contributed by atoms with Gasteiger partial charge >= 0.3 is 0 Å². The molecule has 0 saturated carbocycles. The number of benzene rings is 1. The molecule has 1 fully saturated rings. The summed E-state index contributed by atoms with van der Waals surface area (Å²) in [6.07, 6.45) is 0. The summed E-state index contributed by atoms with van der Waals surface area (Å²) in [6.45, 7) is 5.82. The van der Waals surface area contributed by atoms with Crippen molar-refractivity contribution in [3.8, 4) is 0 Å². The van der Waals surface area contributed by atoms with Crippen LogP contribution < -0.4 is 5.73 Å². The molecule has 0 amide bonds. The van der Waals surface area contributed by atoms with E-state index in [0.29, 0.717) is 5.92 Å². The van der Waals surface area contributed by atoms with Gasteiger partial charge in [-0.1, -0.05) is 13.0 Å². The first-order valence-electron chi connectivity index (χ1n) is 5.93. The number of nitrogens with two attached hydrogens (primary N) is 1. The molecule has 17 heavy (non-hydrogen) atoms. The molecule has 4 heteroatoms. The lowest BCUT2D eigenvalue weighted by Crippen LogP contribution is -2.29. The van der Waals surface area contributed by atoms with Crippen molar-refractivity contribution in [3.63, 3.8) is 0 Å². The summed E-state index contributed by atoms with van der Waals surface area (Å²) in [5.74, 6) is -1.14. The predicted octanol–water partition coefficient (Wildman–Crippen LogP) is 2.30. The Labute approximate surface area is 100 Å². The second-order valence-corrected chi connectivity index (χ2v) is 4.94. The van der Waals surface area contributed by atoms with Gasteiger partial charge in [-0.2, -0.15) is 0 Å². The van der Waals surface area contributed by atoms with Gasteiger partial charge in [-0.05, 0) is 30.5 Å². The molecular formula is C13H18F2N2. The van der Waals surface area contributed by atoms with Crippen molar-refractivity contribution in [3.05, 3.63) is 35.4 Å². The van der Waals surface area contributed by atoms with Gasteiger partial charge in [0.15, 0.2) is 11.6 Å². The van der Waals surface area contributed by atoms with Gasteiger partial charge in [0.1, 0.15) is 0 Å². The quantitative estimate of drug-likeness (QED) is 0.859. The lowest BCUT2D eigenvalue weighted by molar-refractivity contribution is 0.253. The molecular weight excluding hydrogens is 222 g/mol. The molecule has 2 rings (SSSR count). The first-order chi connectivity index (χ1) is 7.99. The van der Waals surface area contributed by atoms with Crippen LogP contribution in [0.15, 0.2) is 18.2 Å². The third kappa shape index (κ3) is 2.48. The van der Waals surface area contributed by atoms with Crippen LogP contribution in [-0.4, -0.2) is 24.0 Å². The van der Waals surface area contributed by atoms with Gasteiger partial charge in [0, 0.05) is 25.2 Å². The van der Waals surface area contributed by atoms with Gasteiger partial charge in [-0.3, -0.25) is 4.90 Å². The van der Waals surface area contributed by atoms with E-state index in [1.165, 1.54) is 12.1 Å². The highest BCUT2D eigenvalue weighted by molar-refractivity contribution is 5.21. The van der Waals surface area contributed by atoms with E-state index in [2.05, 4.69) is 11.8 Å². The molecule has 1 aliphatic heterocycles. The monoisotopic (exact) mass is 240 g/mol. The van der Waals surface area contributed by atoms with E-state index < -0.39 is 11.6 Å². The van der Waals surface area contributed by atoms with E-state index in [4.69, 9.17) is 5.73 Å². The molecule has 2 N–H and O–H groups in total. The Morgan fingerprint density at radius 1 is 1.29 bits per heavy atom. The largest absolute Gasteiger partial charge is 0.326 e. The van der Waals surface area contributed by atoms with Crippen LogP contribution in [-0.2, 0) is 0 Å². The Morgan fingerprint density at radius 3 is 2.53 bits per heavy atom. The first-order valence-corrected chi connectivity index (χ1v) is 5.93. The van der Waals surface area contributed by atoms with Crippen molar-refractivity contribution in [2.45, 2.75) is 25.9 Å². The third-order valence-electron chi connectivity index (χ3n) is 3.67. The van der Waals surface area contributed by atoms with Crippen LogP contribution >= 0.6 is 0 Å². The Kier molecular flexibility index (Phi) is 3.45. The number of nitrogens with zero attached hydrogens (tertiary/aromatic N) is 1. The van der Waals surface area contributed by atoms with E-state index in [-0.39, 0.29) is 12.1 Å². The van der Waals surface area contributed by atoms with E-state index in [0.717, 1.165) is 18.7 Å². The van der Waals surface area contributed by atoms with Crippen molar-refractivity contribution < 1.29 is 8.78 Å². The minimum atomic E-state index is -0.799. The molecule has 1 aromatic rings. The van der Waals surface area contributed by atoms with Crippen molar-refractivity contribution in [1.82, 2.24) is 4.90 Å². The van der Waals surface area contributed by atoms with Gasteiger partial charge in [0.2, 0.25) is 0 Å². The molecule has 0 aromatic heterocycles. The van der Waals surface area contributed by atoms with E-state index in [1.54, 1.807) is 6.07 Å². The Bertz CT molecular complexity index is 398. The number of halogens is 2. The molecule has 0 aliphatic carbocycles. The molecule has 1 saturated heterocycles. The lowest BCUT2D eigenvalue weighted by atomic mass is 10.1. The smallest absolute Gasteiger partial charge is 0.159 e. The summed E-state index contributed by atoms with van der Waals surface area (Å²) < 4.78 is 26.0. The molecule has 0 spiro atoms. The Morgan fingerprint density at radius 2 is 2.00 bits per heavy atom. The maximum Gasteiger partial charge on any atom is 0.159 e. The zero-order chi connectivity index (χ0) is 12.6. The van der Waals surface area contributed by atoms with Crippen LogP contribution in [0.3, 0.4) is 0 Å². The zero-order valence-corrected chi connectivity index (χ0v) is 10.2. The minimum Gasteiger partial charge on any atom is -0.326 e. The molecule has 0 bridgehead atoms. The number of likely N-dealkylation sites (tertiary alicyclic amines) is 1. The van der Waals surface area contributed by atoms with Crippen LogP contribution in [0.5, 0.6) is 0 Å². The van der Waals surface area contributed by atoms with Crippen molar-refractivity contribution in [1.29, 1.82) is 0 Å². The summed E-state index contributed by atoms with van der Waals surface area (Å²) in [4.78, 5) is 2.21. The van der Waals surface area contributed by atoms with E-state index in [9.17, 15) is 8.78 Å². The van der Waals surface area contributed by atoms with E-state index >= 15 is 0 Å². The molecule has 0 radical (unpaired) electrons. The molecule has 94 valence electrons. The SMILES string of the molecule is CC1CN(C(C)c2ccc(F)c(F)c2)CC1N. The van der Waals surface area contributed by atoms with Crippen molar-refractivity contribution in [2.24, 2.45) is 11.7 Å².